The van der Waals surface area contributed by atoms with Crippen molar-refractivity contribution in [2.75, 3.05) is 19.7 Å². The van der Waals surface area contributed by atoms with E-state index >= 15 is 0 Å². The summed E-state index contributed by atoms with van der Waals surface area (Å²) in [6.07, 6.45) is 0. The average Bonchev–Trinajstić information content (AvgIpc) is 2.64. The van der Waals surface area contributed by atoms with Gasteiger partial charge in [-0.25, -0.2) is 4.39 Å². The molecule has 26 heavy (non-hydrogen) atoms. The molecule has 0 aromatic heterocycles. The zero-order valence-corrected chi connectivity index (χ0v) is 16.7. The molecular weight excluding hydrogens is 399 g/mol. The zero-order chi connectivity index (χ0) is 18.9. The van der Waals surface area contributed by atoms with E-state index < -0.39 is 0 Å². The highest BCUT2D eigenvalue weighted by Crippen LogP contribution is 2.25. The third-order valence-electron chi connectivity index (χ3n) is 4.07. The summed E-state index contributed by atoms with van der Waals surface area (Å²) in [4.78, 5) is 14.3. The number of ether oxygens (including phenoxy) is 1. The lowest BCUT2D eigenvalue weighted by atomic mass is 10.1. The third-order valence-corrected chi connectivity index (χ3v) is 4.69. The Balaban J connectivity index is 1.78. The van der Waals surface area contributed by atoms with Crippen molar-refractivity contribution >= 4 is 21.8 Å². The van der Waals surface area contributed by atoms with Crippen molar-refractivity contribution in [2.45, 2.75) is 26.9 Å². The lowest BCUT2D eigenvalue weighted by Gasteiger charge is -2.18. The van der Waals surface area contributed by atoms with Crippen molar-refractivity contribution in [1.82, 2.24) is 10.2 Å². The monoisotopic (exact) mass is 422 g/mol. The fourth-order valence-electron chi connectivity index (χ4n) is 2.46. The molecule has 0 saturated heterocycles. The number of carbonyl (C=O) groups excluding carboxylic acids is 1. The summed E-state index contributed by atoms with van der Waals surface area (Å²) in [6.45, 7) is 7.61. The molecule has 0 aliphatic heterocycles. The molecule has 0 unspecified atom stereocenters. The van der Waals surface area contributed by atoms with Crippen LogP contribution in [0, 0.1) is 5.82 Å². The molecule has 0 aliphatic carbocycles. The van der Waals surface area contributed by atoms with Crippen LogP contribution in [-0.4, -0.2) is 30.5 Å². The average molecular weight is 423 g/mol. The van der Waals surface area contributed by atoms with Crippen LogP contribution in [0.4, 0.5) is 4.39 Å². The van der Waals surface area contributed by atoms with Gasteiger partial charge in [0.2, 0.25) is 0 Å². The van der Waals surface area contributed by atoms with Gasteiger partial charge in [0, 0.05) is 13.1 Å². The Bertz CT molecular complexity index is 718. The first kappa shape index (κ1) is 20.4. The number of nitrogens with one attached hydrogen (secondary N) is 1. The molecule has 2 aromatic rings. The Morgan fingerprint density at radius 1 is 1.12 bits per heavy atom. The van der Waals surface area contributed by atoms with Crippen LogP contribution in [0.1, 0.15) is 25.0 Å². The van der Waals surface area contributed by atoms with E-state index in [9.17, 15) is 9.18 Å². The summed E-state index contributed by atoms with van der Waals surface area (Å²) in [5, 5.41) is 2.82. The number of benzene rings is 2. The minimum absolute atomic E-state index is 0.121. The molecular formula is C20H24BrFN2O2. The van der Waals surface area contributed by atoms with E-state index in [2.05, 4.69) is 52.1 Å². The number of carbonyl (C=O) groups is 1. The fourth-order valence-corrected chi connectivity index (χ4v) is 2.92. The molecule has 0 fully saturated rings. The van der Waals surface area contributed by atoms with Gasteiger partial charge in [-0.05, 0) is 58.3 Å². The number of hydrogen-bond donors (Lipinski definition) is 1. The molecule has 0 spiro atoms. The molecule has 2 rings (SSSR count). The van der Waals surface area contributed by atoms with E-state index in [1.807, 2.05) is 12.1 Å². The summed E-state index contributed by atoms with van der Waals surface area (Å²) in [5.41, 5.74) is 2.29. The number of rotatable bonds is 9. The maximum atomic E-state index is 13.0. The lowest BCUT2D eigenvalue weighted by molar-refractivity contribution is -0.123. The molecule has 0 saturated carbocycles. The van der Waals surface area contributed by atoms with Gasteiger partial charge in [0.1, 0.15) is 11.6 Å². The van der Waals surface area contributed by atoms with E-state index in [-0.39, 0.29) is 18.3 Å². The van der Waals surface area contributed by atoms with Crippen LogP contribution in [0.25, 0.3) is 0 Å². The molecule has 0 heterocycles. The van der Waals surface area contributed by atoms with Gasteiger partial charge in [-0.2, -0.15) is 0 Å². The van der Waals surface area contributed by atoms with Crippen molar-refractivity contribution in [2.24, 2.45) is 0 Å². The van der Waals surface area contributed by atoms with Crippen LogP contribution in [0.15, 0.2) is 46.9 Å². The summed E-state index contributed by atoms with van der Waals surface area (Å²) >= 11 is 3.21. The van der Waals surface area contributed by atoms with Crippen molar-refractivity contribution in [3.05, 3.63) is 63.9 Å². The first-order chi connectivity index (χ1) is 12.5. The van der Waals surface area contributed by atoms with Gasteiger partial charge in [-0.15, -0.1) is 0 Å². The minimum atomic E-state index is -0.363. The molecule has 0 atom stereocenters. The van der Waals surface area contributed by atoms with E-state index in [0.717, 1.165) is 25.2 Å². The van der Waals surface area contributed by atoms with E-state index in [1.54, 1.807) is 0 Å². The molecule has 0 radical (unpaired) electrons. The summed E-state index contributed by atoms with van der Waals surface area (Å²) < 4.78 is 18.9. The van der Waals surface area contributed by atoms with Crippen LogP contribution in [0.5, 0.6) is 5.75 Å². The van der Waals surface area contributed by atoms with Gasteiger partial charge in [-0.1, -0.05) is 38.1 Å². The molecule has 2 aromatic carbocycles. The van der Waals surface area contributed by atoms with Gasteiger partial charge >= 0.3 is 0 Å². The highest BCUT2D eigenvalue weighted by Gasteiger charge is 2.07. The van der Waals surface area contributed by atoms with Crippen molar-refractivity contribution in [3.8, 4) is 5.75 Å². The van der Waals surface area contributed by atoms with E-state index in [1.165, 1.54) is 23.8 Å². The third kappa shape index (κ3) is 6.42. The molecule has 140 valence electrons. The second-order valence-corrected chi connectivity index (χ2v) is 6.77. The Morgan fingerprint density at radius 3 is 2.38 bits per heavy atom. The maximum absolute atomic E-state index is 13.0. The Hall–Kier alpha value is -1.92. The normalized spacial score (nSPS) is 10.8. The number of amides is 1. The van der Waals surface area contributed by atoms with Gasteiger partial charge in [-0.3, -0.25) is 9.69 Å². The molecule has 1 N–H and O–H groups in total. The highest BCUT2D eigenvalue weighted by molar-refractivity contribution is 9.10. The Morgan fingerprint density at radius 2 is 1.77 bits per heavy atom. The van der Waals surface area contributed by atoms with Gasteiger partial charge in [0.05, 0.1) is 4.47 Å². The number of nitrogens with zero attached hydrogens (tertiary/aromatic N) is 1. The second-order valence-electron chi connectivity index (χ2n) is 5.92. The lowest BCUT2D eigenvalue weighted by Crippen LogP contribution is -2.28. The maximum Gasteiger partial charge on any atom is 0.258 e. The van der Waals surface area contributed by atoms with Gasteiger partial charge in [0.25, 0.3) is 5.91 Å². The van der Waals surface area contributed by atoms with E-state index in [0.29, 0.717) is 16.8 Å². The predicted molar refractivity (Wildman–Crippen MR) is 105 cm³/mol. The van der Waals surface area contributed by atoms with Crippen molar-refractivity contribution < 1.29 is 13.9 Å². The molecule has 6 heteroatoms. The molecule has 1 amide bonds. The first-order valence-corrected chi connectivity index (χ1v) is 9.45. The van der Waals surface area contributed by atoms with Gasteiger partial charge in [0.15, 0.2) is 6.61 Å². The van der Waals surface area contributed by atoms with Crippen LogP contribution in [0.2, 0.25) is 0 Å². The summed E-state index contributed by atoms with van der Waals surface area (Å²) in [5.74, 6) is -0.158. The SMILES string of the molecule is CCN(CC)Cc1ccc(CNC(=O)COc2ccc(F)cc2Br)cc1. The number of halogens is 2. The first-order valence-electron chi connectivity index (χ1n) is 8.66. The van der Waals surface area contributed by atoms with Crippen molar-refractivity contribution in [3.63, 3.8) is 0 Å². The summed E-state index contributed by atoms with van der Waals surface area (Å²) in [6, 6.07) is 12.3. The van der Waals surface area contributed by atoms with Crippen LogP contribution >= 0.6 is 15.9 Å². The second kappa shape index (κ2) is 10.3. The fraction of sp³-hybridized carbons (Fsp3) is 0.350. The Labute approximate surface area is 162 Å². The highest BCUT2D eigenvalue weighted by atomic mass is 79.9. The van der Waals surface area contributed by atoms with E-state index in [4.69, 9.17) is 4.74 Å². The van der Waals surface area contributed by atoms with Crippen LogP contribution in [-0.2, 0) is 17.9 Å². The standard InChI is InChI=1S/C20H24BrFN2O2/c1-3-24(4-2)13-16-7-5-15(6-8-16)12-23-20(25)14-26-19-10-9-17(22)11-18(19)21/h5-11H,3-4,12-14H2,1-2H3,(H,23,25). The largest absolute Gasteiger partial charge is 0.483 e. The van der Waals surface area contributed by atoms with Crippen LogP contribution < -0.4 is 10.1 Å². The molecule has 0 aliphatic rings. The molecule has 4 nitrogen and oxygen atoms in total. The minimum Gasteiger partial charge on any atom is -0.483 e. The van der Waals surface area contributed by atoms with Crippen molar-refractivity contribution in [1.29, 1.82) is 0 Å². The Kier molecular flexibility index (Phi) is 8.06. The topological polar surface area (TPSA) is 41.6 Å². The van der Waals surface area contributed by atoms with Gasteiger partial charge < -0.3 is 10.1 Å². The number of hydrogen-bond acceptors (Lipinski definition) is 3. The molecule has 0 bridgehead atoms. The zero-order valence-electron chi connectivity index (χ0n) is 15.1. The summed E-state index contributed by atoms with van der Waals surface area (Å²) in [7, 11) is 0. The van der Waals surface area contributed by atoms with Crippen LogP contribution in [0.3, 0.4) is 0 Å². The smallest absolute Gasteiger partial charge is 0.258 e. The quantitative estimate of drug-likeness (QED) is 0.660. The predicted octanol–water partition coefficient (Wildman–Crippen LogP) is 4.13.